The van der Waals surface area contributed by atoms with Gasteiger partial charge in [-0.1, -0.05) is 67.6 Å². The number of urea groups is 1. The molecule has 53 heavy (non-hydrogen) atoms. The third-order valence-corrected chi connectivity index (χ3v) is 10.1. The normalized spacial score (nSPS) is 21.4. The van der Waals surface area contributed by atoms with Crippen LogP contribution in [0.4, 0.5) is 22.2 Å². The summed E-state index contributed by atoms with van der Waals surface area (Å²) in [5.41, 5.74) is 4.02. The fourth-order valence-corrected chi connectivity index (χ4v) is 7.29. The van der Waals surface area contributed by atoms with Crippen LogP contribution in [-0.2, 0) is 6.42 Å². The van der Waals surface area contributed by atoms with Crippen molar-refractivity contribution in [3.05, 3.63) is 108 Å². The van der Waals surface area contributed by atoms with Crippen molar-refractivity contribution in [2.24, 2.45) is 0 Å². The quantitative estimate of drug-likeness (QED) is 0.131. The van der Waals surface area contributed by atoms with Gasteiger partial charge < -0.3 is 35.6 Å². The van der Waals surface area contributed by atoms with Crippen molar-refractivity contribution in [1.82, 2.24) is 50.0 Å². The van der Waals surface area contributed by atoms with Crippen LogP contribution in [-0.4, -0.2) is 98.8 Å². The van der Waals surface area contributed by atoms with Gasteiger partial charge in [-0.25, -0.2) is 9.78 Å². The summed E-state index contributed by atoms with van der Waals surface area (Å²) in [5, 5.41) is 44.7. The van der Waals surface area contributed by atoms with Gasteiger partial charge in [-0.3, -0.25) is 4.98 Å². The second-order valence-electron chi connectivity index (χ2n) is 13.4. The summed E-state index contributed by atoms with van der Waals surface area (Å²) >= 11 is 0. The molecule has 4 aromatic heterocycles. The fourth-order valence-electron chi connectivity index (χ4n) is 7.29. The van der Waals surface area contributed by atoms with E-state index in [1.165, 1.54) is 4.80 Å². The number of aliphatic hydroxyl groups is 2. The van der Waals surface area contributed by atoms with Gasteiger partial charge in [-0.05, 0) is 41.3 Å². The topological polar surface area (TPSA) is 197 Å². The maximum Gasteiger partial charge on any atom is 0.319 e. The Morgan fingerprint density at radius 3 is 2.36 bits per heavy atom. The highest BCUT2D eigenvalue weighted by atomic mass is 16.3. The van der Waals surface area contributed by atoms with E-state index in [0.717, 1.165) is 11.1 Å². The number of tetrazole rings is 1. The molecule has 1 aliphatic carbocycles. The van der Waals surface area contributed by atoms with Crippen molar-refractivity contribution < 1.29 is 15.0 Å². The van der Waals surface area contributed by atoms with Crippen LogP contribution in [0.2, 0.25) is 0 Å². The molecule has 272 valence electrons. The van der Waals surface area contributed by atoms with Crippen LogP contribution in [0.15, 0.2) is 91.5 Å². The van der Waals surface area contributed by atoms with Gasteiger partial charge in [0.2, 0.25) is 5.95 Å². The molecule has 1 unspecified atom stereocenters. The van der Waals surface area contributed by atoms with Crippen LogP contribution in [0.5, 0.6) is 0 Å². The van der Waals surface area contributed by atoms with E-state index in [0.29, 0.717) is 73.3 Å². The highest BCUT2D eigenvalue weighted by Gasteiger charge is 2.45. The summed E-state index contributed by atoms with van der Waals surface area (Å²) in [5.74, 6) is 1.59. The maximum atomic E-state index is 12.8. The number of aryl methyl sites for hydroxylation is 1. The lowest BCUT2D eigenvalue weighted by Crippen LogP contribution is -2.40. The lowest BCUT2D eigenvalue weighted by molar-refractivity contribution is 0.00473. The van der Waals surface area contributed by atoms with Gasteiger partial charge in [0.05, 0.1) is 12.4 Å². The number of pyridine rings is 1. The largest absolute Gasteiger partial charge is 0.388 e. The Bertz CT molecular complexity index is 2110. The fraction of sp³-hybridized carbons (Fsp3) is 0.351. The van der Waals surface area contributed by atoms with E-state index in [9.17, 15) is 15.0 Å². The number of carbonyl (C=O) groups is 1. The molecular formula is C37H41N13O3. The Hall–Kier alpha value is -6.00. The predicted octanol–water partition coefficient (Wildman–Crippen LogP) is 3.32. The number of nitrogens with one attached hydrogen (secondary N) is 3. The molecule has 5 atom stereocenters. The van der Waals surface area contributed by atoms with Gasteiger partial charge >= 0.3 is 6.03 Å². The molecule has 5 N–H and O–H groups in total. The zero-order valence-electron chi connectivity index (χ0n) is 29.1. The van der Waals surface area contributed by atoms with Crippen LogP contribution in [0.25, 0.3) is 11.2 Å². The second kappa shape index (κ2) is 14.9. The average Bonchev–Trinajstić information content (AvgIpc) is 4.00. The molecular weight excluding hydrogens is 674 g/mol. The lowest BCUT2D eigenvalue weighted by atomic mass is 9.91. The minimum Gasteiger partial charge on any atom is -0.388 e. The number of rotatable bonds is 11. The van der Waals surface area contributed by atoms with Gasteiger partial charge in [0.25, 0.3) is 0 Å². The van der Waals surface area contributed by atoms with Crippen molar-refractivity contribution in [1.29, 1.82) is 0 Å². The number of hydrogen-bond acceptors (Lipinski definition) is 12. The van der Waals surface area contributed by atoms with Crippen molar-refractivity contribution in [2.45, 2.75) is 62.4 Å². The molecule has 0 spiro atoms. The molecule has 0 radical (unpaired) electrons. The Morgan fingerprint density at radius 2 is 1.66 bits per heavy atom. The third-order valence-electron chi connectivity index (χ3n) is 10.1. The predicted molar refractivity (Wildman–Crippen MR) is 197 cm³/mol. The minimum atomic E-state index is -1.14. The highest BCUT2D eigenvalue weighted by molar-refractivity contribution is 5.89. The number of aliphatic hydroxyl groups excluding tert-OH is 2. The molecule has 1 saturated heterocycles. The maximum absolute atomic E-state index is 12.8. The van der Waals surface area contributed by atoms with Crippen LogP contribution in [0.1, 0.15) is 54.7 Å². The molecule has 16 heteroatoms. The van der Waals surface area contributed by atoms with Gasteiger partial charge in [-0.2, -0.15) is 14.8 Å². The van der Waals surface area contributed by atoms with Crippen LogP contribution in [0.3, 0.4) is 0 Å². The van der Waals surface area contributed by atoms with E-state index in [2.05, 4.69) is 60.6 Å². The number of anilines is 3. The molecule has 5 heterocycles. The Balaban J connectivity index is 1.10. The molecule has 1 saturated carbocycles. The van der Waals surface area contributed by atoms with Crippen molar-refractivity contribution in [2.75, 3.05) is 35.2 Å². The average molecular weight is 716 g/mol. The van der Waals surface area contributed by atoms with Crippen LogP contribution in [0, 0.1) is 0 Å². The highest BCUT2D eigenvalue weighted by Crippen LogP contribution is 2.40. The Labute approximate surface area is 305 Å². The standard InChI is InChI=1S/C37H41N13O3/c1-2-30-45-47-50(46-30)29-19-28(32(51)33(29)52)49-22-40-31-34(39-20-27(23-9-5-3-6-10-23)24-11-7-4-8-12-24)43-36(44-35(31)49)48-18-15-26(21-48)42-37(53)41-25-13-16-38-17-14-25/h3-14,16-17,22,26-29,32-33,51-52H,2,15,18-21H2,1H3,(H,39,43,44)(H2,38,41,42,53)/t26?,28-,29+,32+,33-/m1/s1. The first-order valence-electron chi connectivity index (χ1n) is 17.9. The van der Waals surface area contributed by atoms with Crippen molar-refractivity contribution >= 4 is 34.6 Å². The smallest absolute Gasteiger partial charge is 0.319 e. The monoisotopic (exact) mass is 715 g/mol. The van der Waals surface area contributed by atoms with E-state index in [1.807, 2.05) is 52.8 Å². The number of carbonyl (C=O) groups excluding carboxylic acids is 1. The van der Waals surface area contributed by atoms with Crippen LogP contribution < -0.4 is 20.9 Å². The molecule has 2 aliphatic rings. The Kier molecular flexibility index (Phi) is 9.60. The van der Waals surface area contributed by atoms with E-state index in [-0.39, 0.29) is 18.0 Å². The van der Waals surface area contributed by atoms with E-state index in [4.69, 9.17) is 15.0 Å². The first-order valence-corrected chi connectivity index (χ1v) is 17.9. The number of fused-ring (bicyclic) bond motifs is 1. The first kappa shape index (κ1) is 34.1. The summed E-state index contributed by atoms with van der Waals surface area (Å²) < 4.78 is 1.82. The van der Waals surface area contributed by atoms with Gasteiger partial charge in [0.1, 0.15) is 18.2 Å². The van der Waals surface area contributed by atoms with E-state index in [1.54, 1.807) is 30.9 Å². The molecule has 0 bridgehead atoms. The summed E-state index contributed by atoms with van der Waals surface area (Å²) in [6.45, 7) is 3.56. The molecule has 1 aliphatic heterocycles. The number of amides is 2. The molecule has 2 aromatic carbocycles. The summed E-state index contributed by atoms with van der Waals surface area (Å²) in [4.78, 5) is 35.1. The Morgan fingerprint density at radius 1 is 0.943 bits per heavy atom. The third kappa shape index (κ3) is 7.10. The first-order chi connectivity index (χ1) is 25.9. The molecule has 16 nitrogen and oxygen atoms in total. The lowest BCUT2D eigenvalue weighted by Gasteiger charge is -2.22. The zero-order chi connectivity index (χ0) is 36.3. The van der Waals surface area contributed by atoms with Crippen LogP contribution >= 0.6 is 0 Å². The minimum absolute atomic E-state index is 0.0166. The zero-order valence-corrected chi connectivity index (χ0v) is 29.1. The van der Waals surface area contributed by atoms with Gasteiger partial charge in [0, 0.05) is 56.1 Å². The second-order valence-corrected chi connectivity index (χ2v) is 13.4. The number of benzene rings is 2. The summed E-state index contributed by atoms with van der Waals surface area (Å²) in [7, 11) is 0. The number of hydrogen-bond donors (Lipinski definition) is 5. The molecule has 2 fully saturated rings. The molecule has 2 amide bonds. The van der Waals surface area contributed by atoms with Gasteiger partial charge in [-0.15, -0.1) is 10.2 Å². The van der Waals surface area contributed by atoms with E-state index >= 15 is 0 Å². The number of nitrogens with zero attached hydrogens (tertiary/aromatic N) is 10. The molecule has 8 rings (SSSR count). The summed E-state index contributed by atoms with van der Waals surface area (Å²) in [6, 6.07) is 22.5. The number of aromatic nitrogens is 9. The van der Waals surface area contributed by atoms with Crippen molar-refractivity contribution in [3.63, 3.8) is 0 Å². The van der Waals surface area contributed by atoms with Crippen molar-refractivity contribution in [3.8, 4) is 0 Å². The SMILES string of the molecule is CCc1nnn([C@H]2C[C@@H](n3cnc4c(NCC(c5ccccc5)c5ccccc5)nc(N5CCC(NC(=O)Nc6ccncc6)C5)nc43)[C@H](O)[C@@H]2O)n1. The van der Waals surface area contributed by atoms with E-state index < -0.39 is 24.3 Å². The number of imidazole rings is 1. The summed E-state index contributed by atoms with van der Waals surface area (Å²) in [6.07, 6.45) is 4.26. The molecule has 6 aromatic rings. The van der Waals surface area contributed by atoms with Gasteiger partial charge in [0.15, 0.2) is 22.8 Å².